The lowest BCUT2D eigenvalue weighted by Crippen LogP contribution is -1.95. The number of benzene rings is 1. The minimum atomic E-state index is -0.343. The Labute approximate surface area is 110 Å². The Kier molecular flexibility index (Phi) is 3.49. The zero-order chi connectivity index (χ0) is 12.4. The van der Waals surface area contributed by atoms with Gasteiger partial charge in [-0.1, -0.05) is 15.9 Å². The second-order valence-corrected chi connectivity index (χ2v) is 4.60. The Morgan fingerprint density at radius 3 is 3.00 bits per heavy atom. The van der Waals surface area contributed by atoms with Crippen LogP contribution in [0.5, 0.6) is 0 Å². The monoisotopic (exact) mass is 314 g/mol. The first-order valence-corrected chi connectivity index (χ1v) is 5.91. The summed E-state index contributed by atoms with van der Waals surface area (Å²) in [5, 5.41) is 10.6. The summed E-state index contributed by atoms with van der Waals surface area (Å²) in [4.78, 5) is 0. The van der Waals surface area contributed by atoms with Crippen LogP contribution < -0.4 is 0 Å². The van der Waals surface area contributed by atoms with Gasteiger partial charge in [-0.05, 0) is 37.3 Å². The molecule has 0 saturated heterocycles. The Bertz CT molecular complexity index is 631. The van der Waals surface area contributed by atoms with Crippen LogP contribution in [0, 0.1) is 17.5 Å². The molecule has 0 saturated carbocycles. The predicted molar refractivity (Wildman–Crippen MR) is 69.2 cm³/mol. The molecule has 0 spiro atoms. The molecule has 0 fully saturated rings. The number of H-pyrrole nitrogens is 1. The van der Waals surface area contributed by atoms with Crippen molar-refractivity contribution in [3.8, 4) is 0 Å². The summed E-state index contributed by atoms with van der Waals surface area (Å²) in [6, 6.07) is 4.63. The number of nitrogens with zero attached hydrogens (tertiary/aromatic N) is 3. The van der Waals surface area contributed by atoms with Crippen molar-refractivity contribution in [3.63, 3.8) is 0 Å². The molecular formula is C10H8BrFN4S. The molecule has 17 heavy (non-hydrogen) atoms. The predicted octanol–water partition coefficient (Wildman–Crippen LogP) is 3.03. The largest absolute Gasteiger partial charge is 0.250 e. The Morgan fingerprint density at radius 2 is 2.35 bits per heavy atom. The number of aromatic nitrogens is 3. The molecule has 0 aliphatic carbocycles. The van der Waals surface area contributed by atoms with Gasteiger partial charge in [-0.2, -0.15) is 14.9 Å². The van der Waals surface area contributed by atoms with Crippen LogP contribution in [0.2, 0.25) is 0 Å². The molecule has 0 unspecified atom stereocenters. The van der Waals surface area contributed by atoms with Crippen LogP contribution in [-0.4, -0.2) is 21.1 Å². The minimum absolute atomic E-state index is 0.343. The average Bonchev–Trinajstić information content (AvgIpc) is 2.61. The third-order valence-corrected chi connectivity index (χ3v) is 2.84. The highest BCUT2D eigenvalue weighted by Crippen LogP contribution is 2.14. The molecule has 4 nitrogen and oxygen atoms in total. The van der Waals surface area contributed by atoms with E-state index in [0.29, 0.717) is 16.2 Å². The molecule has 0 aliphatic heterocycles. The first-order chi connectivity index (χ1) is 8.08. The van der Waals surface area contributed by atoms with Crippen LogP contribution in [0.3, 0.4) is 0 Å². The SMILES string of the molecule is Cc1n[nH]c(=S)n1/N=C\c1cc(Br)ccc1F. The van der Waals surface area contributed by atoms with Gasteiger partial charge in [0, 0.05) is 10.0 Å². The topological polar surface area (TPSA) is 46.0 Å². The Balaban J connectivity index is 2.39. The highest BCUT2D eigenvalue weighted by molar-refractivity contribution is 9.10. The van der Waals surface area contributed by atoms with Crippen molar-refractivity contribution in [2.75, 3.05) is 0 Å². The van der Waals surface area contributed by atoms with Gasteiger partial charge in [-0.25, -0.2) is 4.39 Å². The van der Waals surface area contributed by atoms with E-state index in [2.05, 4.69) is 31.2 Å². The van der Waals surface area contributed by atoms with Gasteiger partial charge in [-0.15, -0.1) is 0 Å². The number of hydrogen-bond acceptors (Lipinski definition) is 3. The maximum atomic E-state index is 13.4. The number of aromatic amines is 1. The summed E-state index contributed by atoms with van der Waals surface area (Å²) in [5.74, 6) is 0.270. The van der Waals surface area contributed by atoms with E-state index >= 15 is 0 Å². The normalized spacial score (nSPS) is 11.2. The van der Waals surface area contributed by atoms with Crippen LogP contribution >= 0.6 is 28.1 Å². The van der Waals surface area contributed by atoms with Gasteiger partial charge < -0.3 is 0 Å². The Hall–Kier alpha value is -1.34. The van der Waals surface area contributed by atoms with Crippen LogP contribution in [-0.2, 0) is 0 Å². The lowest BCUT2D eigenvalue weighted by Gasteiger charge is -1.98. The molecule has 0 bridgehead atoms. The summed E-state index contributed by atoms with van der Waals surface area (Å²) in [7, 11) is 0. The summed E-state index contributed by atoms with van der Waals surface area (Å²) >= 11 is 8.24. The van der Waals surface area contributed by atoms with Gasteiger partial charge in [-0.3, -0.25) is 5.10 Å². The van der Waals surface area contributed by atoms with E-state index in [1.165, 1.54) is 17.0 Å². The molecule has 1 aromatic carbocycles. The van der Waals surface area contributed by atoms with Crippen molar-refractivity contribution in [2.45, 2.75) is 6.92 Å². The van der Waals surface area contributed by atoms with Crippen LogP contribution in [0.25, 0.3) is 0 Å². The zero-order valence-corrected chi connectivity index (χ0v) is 11.2. The quantitative estimate of drug-likeness (QED) is 0.684. The lowest BCUT2D eigenvalue weighted by molar-refractivity contribution is 0.625. The molecule has 0 amide bonds. The van der Waals surface area contributed by atoms with Crippen molar-refractivity contribution < 1.29 is 4.39 Å². The number of aryl methyl sites for hydroxylation is 1. The van der Waals surface area contributed by atoms with E-state index in [1.54, 1.807) is 19.1 Å². The third kappa shape index (κ3) is 2.67. The van der Waals surface area contributed by atoms with Crippen molar-refractivity contribution in [1.29, 1.82) is 0 Å². The molecule has 7 heteroatoms. The molecule has 2 rings (SSSR count). The molecule has 0 atom stereocenters. The lowest BCUT2D eigenvalue weighted by atomic mass is 10.2. The Morgan fingerprint density at radius 1 is 1.59 bits per heavy atom. The fraction of sp³-hybridized carbons (Fsp3) is 0.100. The molecule has 2 aromatic rings. The minimum Gasteiger partial charge on any atom is -0.250 e. The van der Waals surface area contributed by atoms with Gasteiger partial charge in [0.2, 0.25) is 4.77 Å². The van der Waals surface area contributed by atoms with Crippen LogP contribution in [0.4, 0.5) is 4.39 Å². The van der Waals surface area contributed by atoms with Gasteiger partial charge in [0.15, 0.2) is 0 Å². The van der Waals surface area contributed by atoms with Crippen molar-refractivity contribution >= 4 is 34.4 Å². The fourth-order valence-electron chi connectivity index (χ4n) is 1.24. The zero-order valence-electron chi connectivity index (χ0n) is 8.82. The number of hydrogen-bond donors (Lipinski definition) is 1. The first kappa shape index (κ1) is 12.1. The summed E-state index contributed by atoms with van der Waals surface area (Å²) in [6.07, 6.45) is 1.40. The van der Waals surface area contributed by atoms with E-state index in [1.807, 2.05) is 0 Å². The van der Waals surface area contributed by atoms with E-state index < -0.39 is 0 Å². The molecular weight excluding hydrogens is 307 g/mol. The van der Waals surface area contributed by atoms with Crippen molar-refractivity contribution in [3.05, 3.63) is 44.6 Å². The van der Waals surface area contributed by atoms with Gasteiger partial charge in [0.25, 0.3) is 0 Å². The number of nitrogens with one attached hydrogen (secondary N) is 1. The summed E-state index contributed by atoms with van der Waals surface area (Å²) in [6.45, 7) is 1.75. The maximum Gasteiger partial charge on any atom is 0.216 e. The number of rotatable bonds is 2. The summed E-state index contributed by atoms with van der Waals surface area (Å²) < 4.78 is 16.0. The van der Waals surface area contributed by atoms with E-state index in [0.717, 1.165) is 4.47 Å². The first-order valence-electron chi connectivity index (χ1n) is 4.71. The highest BCUT2D eigenvalue weighted by atomic mass is 79.9. The average molecular weight is 315 g/mol. The van der Waals surface area contributed by atoms with Crippen molar-refractivity contribution in [1.82, 2.24) is 14.9 Å². The van der Waals surface area contributed by atoms with E-state index in [4.69, 9.17) is 12.2 Å². The third-order valence-electron chi connectivity index (χ3n) is 2.08. The van der Waals surface area contributed by atoms with Gasteiger partial charge >= 0.3 is 0 Å². The van der Waals surface area contributed by atoms with Gasteiger partial charge in [0.1, 0.15) is 11.6 Å². The highest BCUT2D eigenvalue weighted by Gasteiger charge is 2.01. The molecule has 0 aliphatic rings. The number of halogens is 2. The second-order valence-electron chi connectivity index (χ2n) is 3.30. The van der Waals surface area contributed by atoms with Crippen LogP contribution in [0.15, 0.2) is 27.8 Å². The molecule has 0 radical (unpaired) electrons. The fourth-order valence-corrected chi connectivity index (χ4v) is 1.84. The smallest absolute Gasteiger partial charge is 0.216 e. The molecule has 1 N–H and O–H groups in total. The molecule has 88 valence electrons. The van der Waals surface area contributed by atoms with Gasteiger partial charge in [0.05, 0.1) is 6.21 Å². The molecule has 1 aromatic heterocycles. The second kappa shape index (κ2) is 4.89. The van der Waals surface area contributed by atoms with E-state index in [-0.39, 0.29) is 5.82 Å². The standard InChI is InChI=1S/C10H8BrFN4S/c1-6-14-15-10(17)16(6)13-5-7-4-8(11)2-3-9(7)12/h2-5H,1H3,(H,15,17)/b13-5-. The summed E-state index contributed by atoms with van der Waals surface area (Å²) in [5.41, 5.74) is 0.377. The molecule has 1 heterocycles. The van der Waals surface area contributed by atoms with Crippen LogP contribution in [0.1, 0.15) is 11.4 Å². The maximum absolute atomic E-state index is 13.4. The van der Waals surface area contributed by atoms with Crippen molar-refractivity contribution in [2.24, 2.45) is 5.10 Å². The van der Waals surface area contributed by atoms with E-state index in [9.17, 15) is 4.39 Å².